The second-order valence-corrected chi connectivity index (χ2v) is 12.5. The molecule has 0 unspecified atom stereocenters. The molecule has 0 atom stereocenters. The fraction of sp³-hybridized carbons (Fsp3) is 0.207. The van der Waals surface area contributed by atoms with Gasteiger partial charge < -0.3 is 14.8 Å². The summed E-state index contributed by atoms with van der Waals surface area (Å²) in [6.07, 6.45) is 1.60. The topological polar surface area (TPSA) is 84.9 Å². The molecule has 4 rings (SSSR count). The highest BCUT2D eigenvalue weighted by atomic mass is 79.9. The average molecular weight is 743 g/mol. The van der Waals surface area contributed by atoms with Crippen molar-refractivity contribution in [3.05, 3.63) is 88.6 Å². The minimum Gasteiger partial charge on any atom is -0.490 e. The quantitative estimate of drug-likeness (QED) is 0.221. The van der Waals surface area contributed by atoms with E-state index < -0.39 is 11.1 Å². The van der Waals surface area contributed by atoms with Crippen molar-refractivity contribution in [1.82, 2.24) is 4.90 Å². The molecule has 41 heavy (non-hydrogen) atoms. The van der Waals surface area contributed by atoms with E-state index in [4.69, 9.17) is 32.7 Å². The molecule has 0 spiro atoms. The summed E-state index contributed by atoms with van der Waals surface area (Å²) in [7, 11) is 0. The summed E-state index contributed by atoms with van der Waals surface area (Å²) in [4.78, 5) is 39.8. The summed E-state index contributed by atoms with van der Waals surface area (Å²) in [5.41, 5.74) is 3.89. The number of ether oxygens (including phenoxy) is 2. The van der Waals surface area contributed by atoms with E-state index in [1.807, 2.05) is 32.9 Å². The second kappa shape index (κ2) is 13.6. The summed E-state index contributed by atoms with van der Waals surface area (Å²) in [6.45, 7) is 5.81. The molecule has 7 nitrogen and oxygen atoms in total. The number of rotatable bonds is 9. The van der Waals surface area contributed by atoms with Crippen LogP contribution in [0.5, 0.6) is 11.5 Å². The number of halogens is 4. The Morgan fingerprint density at radius 1 is 1.02 bits per heavy atom. The molecule has 0 aliphatic carbocycles. The molecule has 3 aromatic carbocycles. The first-order chi connectivity index (χ1) is 19.5. The van der Waals surface area contributed by atoms with Crippen molar-refractivity contribution in [2.45, 2.75) is 27.3 Å². The Kier molecular flexibility index (Phi) is 10.5. The van der Waals surface area contributed by atoms with Crippen LogP contribution in [0.1, 0.15) is 29.2 Å². The highest BCUT2D eigenvalue weighted by molar-refractivity contribution is 9.11. The van der Waals surface area contributed by atoms with Gasteiger partial charge in [-0.15, -0.1) is 0 Å². The van der Waals surface area contributed by atoms with Crippen LogP contribution < -0.4 is 14.8 Å². The fourth-order valence-corrected chi connectivity index (χ4v) is 6.39. The first kappa shape index (κ1) is 31.4. The number of hydrogen-bond donors (Lipinski definition) is 1. The molecule has 1 saturated heterocycles. The van der Waals surface area contributed by atoms with Gasteiger partial charge in [-0.05, 0) is 124 Å². The molecule has 0 aromatic heterocycles. The van der Waals surface area contributed by atoms with Gasteiger partial charge in [0.05, 0.1) is 28.2 Å². The maximum atomic E-state index is 13.1. The summed E-state index contributed by atoms with van der Waals surface area (Å²) >= 11 is 20.3. The van der Waals surface area contributed by atoms with Gasteiger partial charge in [0.1, 0.15) is 0 Å². The normalized spacial score (nSPS) is 14.1. The number of amides is 3. The van der Waals surface area contributed by atoms with E-state index in [0.717, 1.165) is 32.3 Å². The lowest BCUT2D eigenvalue weighted by Crippen LogP contribution is -2.27. The molecule has 0 bridgehead atoms. The van der Waals surface area contributed by atoms with Gasteiger partial charge in [-0.25, -0.2) is 0 Å². The Labute approximate surface area is 268 Å². The fourth-order valence-electron chi connectivity index (χ4n) is 3.90. The number of carbonyl (C=O) groups is 3. The highest BCUT2D eigenvalue weighted by Crippen LogP contribution is 2.40. The number of anilines is 1. The molecule has 1 heterocycles. The number of hydrogen-bond acceptors (Lipinski definition) is 6. The SMILES string of the molecule is CCOc1cc(/C=C2/SC(=O)N(Cc3c(Cl)cccc3Cl)C2=O)cc(Br)c1OCC(=O)Nc1cc(C)c(C)cc1Br. The van der Waals surface area contributed by atoms with Crippen molar-refractivity contribution in [3.63, 3.8) is 0 Å². The number of carbonyl (C=O) groups excluding carboxylic acids is 3. The molecule has 1 fully saturated rings. The molecule has 1 aliphatic rings. The lowest BCUT2D eigenvalue weighted by molar-refractivity contribution is -0.123. The van der Waals surface area contributed by atoms with Gasteiger partial charge in [-0.1, -0.05) is 29.3 Å². The lowest BCUT2D eigenvalue weighted by atomic mass is 10.1. The summed E-state index contributed by atoms with van der Waals surface area (Å²) < 4.78 is 12.9. The maximum Gasteiger partial charge on any atom is 0.293 e. The van der Waals surface area contributed by atoms with Gasteiger partial charge in [-0.3, -0.25) is 19.3 Å². The van der Waals surface area contributed by atoms with Crippen molar-refractivity contribution in [1.29, 1.82) is 0 Å². The zero-order chi connectivity index (χ0) is 29.8. The lowest BCUT2D eigenvalue weighted by Gasteiger charge is -2.16. The summed E-state index contributed by atoms with van der Waals surface area (Å²) in [6, 6.07) is 12.2. The van der Waals surface area contributed by atoms with Crippen LogP contribution in [0.25, 0.3) is 6.08 Å². The smallest absolute Gasteiger partial charge is 0.293 e. The minimum atomic E-state index is -0.459. The number of thioether (sulfide) groups is 1. The molecule has 3 aromatic rings. The number of nitrogens with one attached hydrogen (secondary N) is 1. The number of nitrogens with zero attached hydrogens (tertiary/aromatic N) is 1. The molecule has 3 amide bonds. The average Bonchev–Trinajstić information content (AvgIpc) is 3.16. The van der Waals surface area contributed by atoms with Crippen LogP contribution in [-0.2, 0) is 16.1 Å². The first-order valence-electron chi connectivity index (χ1n) is 12.3. The molecule has 1 aliphatic heterocycles. The molecule has 1 N–H and O–H groups in total. The van der Waals surface area contributed by atoms with Crippen molar-refractivity contribution >= 4 is 95.6 Å². The van der Waals surface area contributed by atoms with E-state index >= 15 is 0 Å². The predicted octanol–water partition coefficient (Wildman–Crippen LogP) is 8.79. The Morgan fingerprint density at radius 2 is 1.71 bits per heavy atom. The van der Waals surface area contributed by atoms with Gasteiger partial charge in [0.2, 0.25) is 0 Å². The van der Waals surface area contributed by atoms with Crippen LogP contribution in [-0.4, -0.2) is 35.2 Å². The third-order valence-corrected chi connectivity index (χ3v) is 8.95. The van der Waals surface area contributed by atoms with Crippen LogP contribution in [0.4, 0.5) is 10.5 Å². The van der Waals surface area contributed by atoms with Crippen LogP contribution in [0.15, 0.2) is 56.3 Å². The molecule has 0 saturated carbocycles. The monoisotopic (exact) mass is 740 g/mol. The van der Waals surface area contributed by atoms with Gasteiger partial charge in [0, 0.05) is 20.1 Å². The standard InChI is InChI=1S/C29H24Br2Cl2N2O5S/c1-4-39-24-11-17(12-25-28(37)35(29(38)41-25)13-18-21(32)6-5-7-22(18)33)10-20(31)27(24)40-14-26(36)34-23-9-16(3)15(2)8-19(23)30/h5-12H,4,13-14H2,1-3H3,(H,34,36)/b25-12+. The highest BCUT2D eigenvalue weighted by Gasteiger charge is 2.36. The zero-order valence-corrected chi connectivity index (χ0v) is 27.6. The van der Waals surface area contributed by atoms with Crippen LogP contribution >= 0.6 is 66.8 Å². The number of aryl methyl sites for hydroxylation is 2. The van der Waals surface area contributed by atoms with E-state index in [2.05, 4.69) is 37.2 Å². The van der Waals surface area contributed by atoms with E-state index in [-0.39, 0.29) is 24.0 Å². The Morgan fingerprint density at radius 3 is 2.39 bits per heavy atom. The van der Waals surface area contributed by atoms with Crippen molar-refractivity contribution in [3.8, 4) is 11.5 Å². The van der Waals surface area contributed by atoms with Gasteiger partial charge in [0.15, 0.2) is 18.1 Å². The number of benzene rings is 3. The van der Waals surface area contributed by atoms with Crippen LogP contribution in [0, 0.1) is 13.8 Å². The number of imide groups is 1. The summed E-state index contributed by atoms with van der Waals surface area (Å²) in [5, 5.41) is 3.16. The van der Waals surface area contributed by atoms with E-state index in [1.54, 1.807) is 36.4 Å². The third kappa shape index (κ3) is 7.48. The maximum absolute atomic E-state index is 13.1. The first-order valence-corrected chi connectivity index (χ1v) is 15.5. The van der Waals surface area contributed by atoms with Gasteiger partial charge in [-0.2, -0.15) is 0 Å². The predicted molar refractivity (Wildman–Crippen MR) is 171 cm³/mol. The minimum absolute atomic E-state index is 0.0397. The Balaban J connectivity index is 1.51. The zero-order valence-electron chi connectivity index (χ0n) is 22.1. The third-order valence-electron chi connectivity index (χ3n) is 6.09. The van der Waals surface area contributed by atoms with E-state index in [1.165, 1.54) is 0 Å². The Bertz CT molecular complexity index is 1560. The molecular weight excluding hydrogens is 719 g/mol. The van der Waals surface area contributed by atoms with Crippen molar-refractivity contribution < 1.29 is 23.9 Å². The molecule has 214 valence electrons. The molecule has 0 radical (unpaired) electrons. The van der Waals surface area contributed by atoms with Crippen LogP contribution in [0.2, 0.25) is 10.0 Å². The summed E-state index contributed by atoms with van der Waals surface area (Å²) in [5.74, 6) is -0.102. The van der Waals surface area contributed by atoms with Crippen molar-refractivity contribution in [2.24, 2.45) is 0 Å². The van der Waals surface area contributed by atoms with Gasteiger partial charge >= 0.3 is 0 Å². The second-order valence-electron chi connectivity index (χ2n) is 8.98. The molecule has 12 heteroatoms. The van der Waals surface area contributed by atoms with E-state index in [0.29, 0.717) is 49.4 Å². The molecular formula is C29H24Br2Cl2N2O5S. The van der Waals surface area contributed by atoms with Crippen LogP contribution in [0.3, 0.4) is 0 Å². The van der Waals surface area contributed by atoms with E-state index in [9.17, 15) is 14.4 Å². The van der Waals surface area contributed by atoms with Crippen molar-refractivity contribution in [2.75, 3.05) is 18.5 Å². The Hall–Kier alpha value is -2.50. The largest absolute Gasteiger partial charge is 0.490 e. The van der Waals surface area contributed by atoms with Gasteiger partial charge in [0.25, 0.3) is 17.1 Å².